The molecule has 0 saturated carbocycles. The Morgan fingerprint density at radius 1 is 0.374 bits per heavy atom. The monoisotopic (exact) mass is 1390 g/mol. The van der Waals surface area contributed by atoms with Crippen molar-refractivity contribution < 1.29 is 89.4 Å². The van der Waals surface area contributed by atoms with Gasteiger partial charge in [0.25, 0.3) is 0 Å². The standard InChI is InChI=1S/C80H131NO18/c1-3-5-7-9-11-13-15-17-19-21-22-23-24-25-26-27-28-29-30-31-32-33-34-35-36-37-38-39-40-42-44-46-48-50-52-54-56-58-68(86)81-63(64(85)57-55-53-51-49-47-45-43-41-20-18-16-14-12-10-8-6-4-2)62-94-78-74(92)71(89)76(66(60-83)96-78)99-80-75(93)72(90)77(67(61-84)97-80)98-79-73(91)70(88)69(87)65(59-82)95-79/h5,7,11,13,17,19-20,22-23,25-26,28-29,31-32,34-35,37-38,41,47,49,55,57,63-67,69-80,82-85,87-93H,3-4,6,8-10,12,14-16,18,21,24,27,30,33,36,39-40,42-46,48,50-54,56,58-62H2,1-2H3,(H,81,86)/b7-5-,13-11-,19-17-,23-22-,26-25-,29-28-,32-31-,35-34-,38-37-,41-20+,49-47+,57-55+. The zero-order chi connectivity index (χ0) is 71.8. The second-order valence-corrected chi connectivity index (χ2v) is 26.0. The Balaban J connectivity index is 1.38. The topological polar surface area (TPSA) is 307 Å². The zero-order valence-corrected chi connectivity index (χ0v) is 59.9. The molecular formula is C80H131NO18. The minimum atomic E-state index is -1.99. The van der Waals surface area contributed by atoms with Gasteiger partial charge in [-0.1, -0.05) is 243 Å². The van der Waals surface area contributed by atoms with Crippen molar-refractivity contribution in [3.8, 4) is 0 Å². The predicted octanol–water partition coefficient (Wildman–Crippen LogP) is 11.5. The van der Waals surface area contributed by atoms with Crippen LogP contribution >= 0.6 is 0 Å². The molecule has 3 saturated heterocycles. The summed E-state index contributed by atoms with van der Waals surface area (Å²) in [5, 5.41) is 121. The van der Waals surface area contributed by atoms with Crippen LogP contribution in [0.15, 0.2) is 146 Å². The summed E-state index contributed by atoms with van der Waals surface area (Å²) in [5.41, 5.74) is 0. The number of carbonyl (C=O) groups is 1. The third-order valence-electron chi connectivity index (χ3n) is 17.6. The number of carbonyl (C=O) groups excluding carboxylic acids is 1. The Morgan fingerprint density at radius 3 is 1.13 bits per heavy atom. The maximum Gasteiger partial charge on any atom is 0.220 e. The van der Waals surface area contributed by atoms with E-state index in [1.807, 2.05) is 6.08 Å². The summed E-state index contributed by atoms with van der Waals surface area (Å²) >= 11 is 0. The summed E-state index contributed by atoms with van der Waals surface area (Å²) in [6, 6.07) is -1.01. The first-order valence-electron chi connectivity index (χ1n) is 37.6. The Morgan fingerprint density at radius 2 is 0.707 bits per heavy atom. The van der Waals surface area contributed by atoms with Crippen molar-refractivity contribution >= 4 is 5.91 Å². The summed E-state index contributed by atoms with van der Waals surface area (Å²) in [7, 11) is 0. The lowest BCUT2D eigenvalue weighted by Crippen LogP contribution is -2.66. The van der Waals surface area contributed by atoms with E-state index in [0.29, 0.717) is 12.8 Å². The molecule has 3 heterocycles. The molecule has 17 unspecified atom stereocenters. The van der Waals surface area contributed by atoms with Gasteiger partial charge in [-0.25, -0.2) is 0 Å². The van der Waals surface area contributed by atoms with Gasteiger partial charge < -0.3 is 89.9 Å². The van der Waals surface area contributed by atoms with E-state index in [9.17, 15) is 61.0 Å². The zero-order valence-electron chi connectivity index (χ0n) is 59.9. The van der Waals surface area contributed by atoms with E-state index in [1.165, 1.54) is 70.6 Å². The highest BCUT2D eigenvalue weighted by Gasteiger charge is 2.53. The molecule has 12 N–H and O–H groups in total. The summed E-state index contributed by atoms with van der Waals surface area (Å²) < 4.78 is 34.3. The number of aliphatic hydroxyl groups excluding tert-OH is 11. The molecule has 0 aromatic carbocycles. The molecule has 0 radical (unpaired) electrons. The minimum absolute atomic E-state index is 0.215. The van der Waals surface area contributed by atoms with Crippen molar-refractivity contribution in [1.29, 1.82) is 0 Å². The van der Waals surface area contributed by atoms with Crippen LogP contribution in [-0.2, 0) is 33.2 Å². The molecule has 0 aliphatic carbocycles. The predicted molar refractivity (Wildman–Crippen MR) is 392 cm³/mol. The van der Waals surface area contributed by atoms with Gasteiger partial charge in [0.1, 0.15) is 73.2 Å². The van der Waals surface area contributed by atoms with Crippen molar-refractivity contribution in [3.05, 3.63) is 146 Å². The van der Waals surface area contributed by atoms with Crippen molar-refractivity contribution in [2.75, 3.05) is 26.4 Å². The molecule has 3 rings (SSSR count). The van der Waals surface area contributed by atoms with Gasteiger partial charge in [0.15, 0.2) is 18.9 Å². The lowest BCUT2D eigenvalue weighted by Gasteiger charge is -2.48. The molecule has 3 aliphatic rings. The van der Waals surface area contributed by atoms with E-state index in [0.717, 1.165) is 116 Å². The molecule has 3 aliphatic heterocycles. The Bertz CT molecular complexity index is 2360. The number of aliphatic hydroxyl groups is 11. The van der Waals surface area contributed by atoms with Crippen LogP contribution in [0.1, 0.15) is 219 Å². The number of hydrogen-bond donors (Lipinski definition) is 12. The van der Waals surface area contributed by atoms with E-state index in [1.54, 1.807) is 6.08 Å². The Labute approximate surface area is 593 Å². The first-order valence-corrected chi connectivity index (χ1v) is 37.6. The highest BCUT2D eigenvalue weighted by atomic mass is 16.8. The average Bonchev–Trinajstić information content (AvgIpc) is 0.786. The summed E-state index contributed by atoms with van der Waals surface area (Å²) in [5.74, 6) is -0.303. The molecular weight excluding hydrogens is 1260 g/mol. The average molecular weight is 1390 g/mol. The summed E-state index contributed by atoms with van der Waals surface area (Å²) in [4.78, 5) is 13.4. The van der Waals surface area contributed by atoms with Crippen molar-refractivity contribution in [3.63, 3.8) is 0 Å². The fourth-order valence-corrected chi connectivity index (χ4v) is 11.6. The number of ether oxygens (including phenoxy) is 6. The normalized spacial score (nSPS) is 27.5. The highest BCUT2D eigenvalue weighted by molar-refractivity contribution is 5.76. The molecule has 0 aromatic rings. The van der Waals surface area contributed by atoms with Crippen LogP contribution in [0.25, 0.3) is 0 Å². The maximum atomic E-state index is 13.4. The molecule has 3 fully saturated rings. The molecule has 1 amide bonds. The molecule has 19 heteroatoms. The molecule has 19 nitrogen and oxygen atoms in total. The fourth-order valence-electron chi connectivity index (χ4n) is 11.6. The molecule has 564 valence electrons. The molecule has 99 heavy (non-hydrogen) atoms. The Kier molecular flexibility index (Phi) is 53.1. The van der Waals surface area contributed by atoms with Crippen LogP contribution in [0.3, 0.4) is 0 Å². The molecule has 0 aromatic heterocycles. The number of hydrogen-bond acceptors (Lipinski definition) is 18. The van der Waals surface area contributed by atoms with Gasteiger partial charge in [-0.2, -0.15) is 0 Å². The SMILES string of the molecule is CC/C=C\C/C=C\C/C=C\C/C=C\C/C=C\C/C=C\C/C=C\C/C=C\C/C=C\CCCCCCCCCCCC(=O)NC(COC1OC(CO)C(OC2OC(CO)C(OC3OC(CO)C(O)C(O)C3O)C(O)C2O)C(O)C1O)C(O)/C=C/CC/C=C/CC/C=C/CCCCCCCCC. The van der Waals surface area contributed by atoms with Gasteiger partial charge in [-0.3, -0.25) is 4.79 Å². The first-order chi connectivity index (χ1) is 48.3. The van der Waals surface area contributed by atoms with Crippen molar-refractivity contribution in [2.45, 2.75) is 324 Å². The van der Waals surface area contributed by atoms with E-state index in [2.05, 4.69) is 153 Å². The van der Waals surface area contributed by atoms with Crippen LogP contribution in [0.2, 0.25) is 0 Å². The quantitative estimate of drug-likeness (QED) is 0.0199. The number of rotatable bonds is 56. The van der Waals surface area contributed by atoms with Crippen LogP contribution < -0.4 is 5.32 Å². The lowest BCUT2D eigenvalue weighted by atomic mass is 9.96. The number of amides is 1. The van der Waals surface area contributed by atoms with Gasteiger partial charge in [0.05, 0.1) is 38.6 Å². The van der Waals surface area contributed by atoms with Crippen LogP contribution in [0.4, 0.5) is 0 Å². The van der Waals surface area contributed by atoms with Gasteiger partial charge in [0.2, 0.25) is 5.91 Å². The van der Waals surface area contributed by atoms with E-state index in [-0.39, 0.29) is 18.9 Å². The minimum Gasteiger partial charge on any atom is -0.394 e. The summed E-state index contributed by atoms with van der Waals surface area (Å²) in [6.07, 6.45) is 58.2. The van der Waals surface area contributed by atoms with Crippen LogP contribution in [0.5, 0.6) is 0 Å². The van der Waals surface area contributed by atoms with Gasteiger partial charge in [-0.15, -0.1) is 0 Å². The third-order valence-corrected chi connectivity index (χ3v) is 17.6. The number of nitrogens with one attached hydrogen (secondary N) is 1. The van der Waals surface area contributed by atoms with E-state index in [4.69, 9.17) is 28.4 Å². The van der Waals surface area contributed by atoms with E-state index >= 15 is 0 Å². The molecule has 0 spiro atoms. The van der Waals surface area contributed by atoms with Crippen molar-refractivity contribution in [2.24, 2.45) is 0 Å². The van der Waals surface area contributed by atoms with Gasteiger partial charge in [0, 0.05) is 6.42 Å². The lowest BCUT2D eigenvalue weighted by molar-refractivity contribution is -0.379. The van der Waals surface area contributed by atoms with Crippen LogP contribution in [-0.4, -0.2) is 193 Å². The molecule has 0 bridgehead atoms. The second kappa shape index (κ2) is 59.1. The Hall–Kier alpha value is -4.33. The largest absolute Gasteiger partial charge is 0.394 e. The van der Waals surface area contributed by atoms with Crippen LogP contribution in [0, 0.1) is 0 Å². The van der Waals surface area contributed by atoms with Crippen molar-refractivity contribution in [1.82, 2.24) is 5.32 Å². The van der Waals surface area contributed by atoms with Gasteiger partial charge >= 0.3 is 0 Å². The number of allylic oxidation sites excluding steroid dienone is 23. The first kappa shape index (κ1) is 88.9. The molecule has 17 atom stereocenters. The third kappa shape index (κ3) is 39.8. The number of unbranched alkanes of at least 4 members (excludes halogenated alkanes) is 18. The fraction of sp³-hybridized carbons (Fsp3) is 0.688. The smallest absolute Gasteiger partial charge is 0.220 e. The maximum absolute atomic E-state index is 13.4. The van der Waals surface area contributed by atoms with Gasteiger partial charge in [-0.05, 0) is 116 Å². The van der Waals surface area contributed by atoms with E-state index < -0.39 is 124 Å². The second-order valence-electron chi connectivity index (χ2n) is 26.0. The highest BCUT2D eigenvalue weighted by Crippen LogP contribution is 2.33. The summed E-state index contributed by atoms with van der Waals surface area (Å²) in [6.45, 7) is 1.56.